The lowest BCUT2D eigenvalue weighted by molar-refractivity contribution is 0.00109. The molecule has 0 amide bonds. The zero-order chi connectivity index (χ0) is 24.1. The van der Waals surface area contributed by atoms with Crippen molar-refractivity contribution in [1.82, 2.24) is 0 Å². The first-order chi connectivity index (χ1) is 15.1. The summed E-state index contributed by atoms with van der Waals surface area (Å²) in [4.78, 5) is 0. The summed E-state index contributed by atoms with van der Waals surface area (Å²) in [7, 11) is 0. The monoisotopic (exact) mass is 446 g/mol. The Kier molecular flexibility index (Phi) is 9.82. The summed E-state index contributed by atoms with van der Waals surface area (Å²) in [6, 6.07) is 0. The molecule has 3 saturated carbocycles. The number of allylic oxidation sites excluding steroid dienone is 3. The molecule has 0 heterocycles. The maximum absolute atomic E-state index is 10.1. The van der Waals surface area contributed by atoms with Crippen molar-refractivity contribution in [2.75, 3.05) is 0 Å². The maximum Gasteiger partial charge on any atom is 0.0809 e. The molecule has 2 unspecified atom stereocenters. The first kappa shape index (κ1) is 27.3. The molecule has 3 fully saturated rings. The molecule has 0 saturated heterocycles. The van der Waals surface area contributed by atoms with Crippen LogP contribution in [-0.2, 0) is 0 Å². The lowest BCUT2D eigenvalue weighted by Gasteiger charge is -2.51. The largest absolute Gasteiger partial charge is 0.393 e. The van der Waals surface area contributed by atoms with Gasteiger partial charge >= 0.3 is 0 Å². The van der Waals surface area contributed by atoms with Crippen LogP contribution < -0.4 is 0 Å². The molecule has 0 bridgehead atoms. The number of aliphatic hydroxyl groups excluding tert-OH is 3. The van der Waals surface area contributed by atoms with Gasteiger partial charge in [-0.15, -0.1) is 0 Å². The van der Waals surface area contributed by atoms with Gasteiger partial charge in [0, 0.05) is 0 Å². The fraction of sp³-hybridized carbons (Fsp3) is 0.793. The first-order valence-electron chi connectivity index (χ1n) is 13.2. The van der Waals surface area contributed by atoms with Gasteiger partial charge in [0.1, 0.15) is 0 Å². The van der Waals surface area contributed by atoms with Gasteiger partial charge in [-0.05, 0) is 86.5 Å². The minimum absolute atomic E-state index is 0.192. The number of hydrogen-bond donors (Lipinski definition) is 3. The van der Waals surface area contributed by atoms with Crippen LogP contribution in [0.25, 0.3) is 0 Å². The van der Waals surface area contributed by atoms with Crippen LogP contribution in [0.15, 0.2) is 35.5 Å². The van der Waals surface area contributed by atoms with Crippen LogP contribution in [0, 0.1) is 22.7 Å². The van der Waals surface area contributed by atoms with Gasteiger partial charge in [-0.1, -0.05) is 77.3 Å². The predicted octanol–water partition coefficient (Wildman–Crippen LogP) is 6.73. The summed E-state index contributed by atoms with van der Waals surface area (Å²) >= 11 is 0. The van der Waals surface area contributed by atoms with E-state index in [-0.39, 0.29) is 6.10 Å². The molecule has 3 rings (SSSR count). The Morgan fingerprint density at radius 2 is 1.66 bits per heavy atom. The smallest absolute Gasteiger partial charge is 0.0809 e. The summed E-state index contributed by atoms with van der Waals surface area (Å²) in [6.45, 7) is 17.2. The van der Waals surface area contributed by atoms with Gasteiger partial charge in [-0.25, -0.2) is 0 Å². The minimum atomic E-state index is -0.618. The Morgan fingerprint density at radius 3 is 2.25 bits per heavy atom. The van der Waals surface area contributed by atoms with Gasteiger partial charge in [0.2, 0.25) is 0 Å². The van der Waals surface area contributed by atoms with E-state index in [1.165, 1.54) is 38.5 Å². The SMILES string of the molecule is C=C1C(O)CC(=C/C=C2\CCCC3(C)[C@H]2CC[C@]3(C)[C@H](C)CCC[C@H](C)O)C[C@H]1O.CC. The van der Waals surface area contributed by atoms with E-state index in [2.05, 4.69) is 39.5 Å². The molecule has 32 heavy (non-hydrogen) atoms. The summed E-state index contributed by atoms with van der Waals surface area (Å²) < 4.78 is 0. The third-order valence-electron chi connectivity index (χ3n) is 9.28. The molecular formula is C29H50O3. The lowest BCUT2D eigenvalue weighted by Crippen LogP contribution is -2.43. The molecule has 3 nitrogen and oxygen atoms in total. The Morgan fingerprint density at radius 1 is 1.03 bits per heavy atom. The molecule has 0 spiro atoms. The number of aliphatic hydroxyl groups is 3. The Hall–Kier alpha value is -0.900. The average molecular weight is 447 g/mol. The van der Waals surface area contributed by atoms with E-state index in [1.54, 1.807) is 5.57 Å². The highest BCUT2D eigenvalue weighted by Crippen LogP contribution is 2.66. The maximum atomic E-state index is 10.1. The van der Waals surface area contributed by atoms with Crippen LogP contribution in [0.4, 0.5) is 0 Å². The van der Waals surface area contributed by atoms with E-state index >= 15 is 0 Å². The van der Waals surface area contributed by atoms with E-state index < -0.39 is 12.2 Å². The highest BCUT2D eigenvalue weighted by atomic mass is 16.3. The molecule has 7 atom stereocenters. The minimum Gasteiger partial charge on any atom is -0.393 e. The molecule has 184 valence electrons. The molecule has 0 aromatic rings. The van der Waals surface area contributed by atoms with Crippen molar-refractivity contribution in [2.45, 2.75) is 124 Å². The van der Waals surface area contributed by atoms with E-state index in [0.717, 1.165) is 18.4 Å². The summed E-state index contributed by atoms with van der Waals surface area (Å²) in [6.07, 6.45) is 13.8. The molecule has 3 aliphatic carbocycles. The normalized spacial score (nSPS) is 39.4. The Bertz CT molecular complexity index is 675. The molecule has 3 heteroatoms. The van der Waals surface area contributed by atoms with Crippen LogP contribution in [0.1, 0.15) is 106 Å². The van der Waals surface area contributed by atoms with Gasteiger partial charge < -0.3 is 15.3 Å². The third kappa shape index (κ3) is 5.59. The van der Waals surface area contributed by atoms with Crippen LogP contribution in [0.3, 0.4) is 0 Å². The van der Waals surface area contributed by atoms with Crippen molar-refractivity contribution < 1.29 is 15.3 Å². The van der Waals surface area contributed by atoms with Gasteiger partial charge in [-0.2, -0.15) is 0 Å². The van der Waals surface area contributed by atoms with Crippen molar-refractivity contribution in [3.63, 3.8) is 0 Å². The van der Waals surface area contributed by atoms with Crippen LogP contribution in [0.2, 0.25) is 0 Å². The van der Waals surface area contributed by atoms with E-state index in [9.17, 15) is 15.3 Å². The van der Waals surface area contributed by atoms with E-state index in [1.807, 2.05) is 20.8 Å². The second-order valence-corrected chi connectivity index (χ2v) is 11.0. The second-order valence-electron chi connectivity index (χ2n) is 11.0. The first-order valence-corrected chi connectivity index (χ1v) is 13.2. The fourth-order valence-corrected chi connectivity index (χ4v) is 6.81. The third-order valence-corrected chi connectivity index (χ3v) is 9.28. The molecule has 3 aliphatic rings. The molecule has 0 aromatic carbocycles. The average Bonchev–Trinajstić information content (AvgIpc) is 3.03. The number of rotatable bonds is 6. The van der Waals surface area contributed by atoms with Gasteiger partial charge in [0.25, 0.3) is 0 Å². The zero-order valence-corrected chi connectivity index (χ0v) is 21.7. The lowest BCUT2D eigenvalue weighted by atomic mass is 9.53. The standard InChI is InChI=1S/C27H44O3.C2H6/c1-18(8-6-9-19(2)28)26(4)15-13-23-22(10-7-14-27(23,26)5)12-11-21-16-24(29)20(3)25(30)17-21;1-2/h11-12,18-19,23-25,28-30H,3,6-10,13-17H2,1-2,4-5H3;1-2H3/b21-11?,22-12+;/t18-,19+,23+,24-,25?,26-,27?;/m1./s1. The fourth-order valence-electron chi connectivity index (χ4n) is 6.81. The van der Waals surface area contributed by atoms with E-state index in [0.29, 0.717) is 41.1 Å². The molecule has 3 N–H and O–H groups in total. The summed E-state index contributed by atoms with van der Waals surface area (Å²) in [5, 5.41) is 29.9. The second kappa shape index (κ2) is 11.5. The number of hydrogen-bond acceptors (Lipinski definition) is 3. The summed E-state index contributed by atoms with van der Waals surface area (Å²) in [5.74, 6) is 1.30. The van der Waals surface area contributed by atoms with Crippen molar-refractivity contribution >= 4 is 0 Å². The highest BCUT2D eigenvalue weighted by Gasteiger charge is 2.57. The van der Waals surface area contributed by atoms with E-state index in [4.69, 9.17) is 0 Å². The topological polar surface area (TPSA) is 60.7 Å². The predicted molar refractivity (Wildman–Crippen MR) is 135 cm³/mol. The summed E-state index contributed by atoms with van der Waals surface area (Å²) in [5.41, 5.74) is 3.94. The molecule has 0 radical (unpaired) electrons. The quantitative estimate of drug-likeness (QED) is 0.396. The van der Waals surface area contributed by atoms with Gasteiger partial charge in [0.05, 0.1) is 18.3 Å². The van der Waals surface area contributed by atoms with Gasteiger partial charge in [0.15, 0.2) is 0 Å². The van der Waals surface area contributed by atoms with Crippen LogP contribution >= 0.6 is 0 Å². The highest BCUT2D eigenvalue weighted by molar-refractivity contribution is 5.30. The van der Waals surface area contributed by atoms with Gasteiger partial charge in [-0.3, -0.25) is 0 Å². The Balaban J connectivity index is 0.00000176. The van der Waals surface area contributed by atoms with Crippen molar-refractivity contribution in [3.05, 3.63) is 35.5 Å². The van der Waals surface area contributed by atoms with Crippen LogP contribution in [-0.4, -0.2) is 33.6 Å². The molecule has 0 aromatic heterocycles. The number of fused-ring (bicyclic) bond motifs is 1. The van der Waals surface area contributed by atoms with Crippen LogP contribution in [0.5, 0.6) is 0 Å². The molecule has 0 aliphatic heterocycles. The zero-order valence-electron chi connectivity index (χ0n) is 21.7. The van der Waals surface area contributed by atoms with Crippen molar-refractivity contribution in [3.8, 4) is 0 Å². The van der Waals surface area contributed by atoms with Crippen molar-refractivity contribution in [1.29, 1.82) is 0 Å². The Labute approximate surface area is 197 Å². The van der Waals surface area contributed by atoms with Crippen molar-refractivity contribution in [2.24, 2.45) is 22.7 Å². The molecular weight excluding hydrogens is 396 g/mol.